The molecule has 3 aliphatic heterocycles. The number of esters is 1. The summed E-state index contributed by atoms with van der Waals surface area (Å²) in [5, 5.41) is 31.3. The minimum absolute atomic E-state index is 0.0423. The smallest absolute Gasteiger partial charge is 0.331 e. The number of phenols is 1. The van der Waals surface area contributed by atoms with Crippen LogP contribution in [0.25, 0.3) is 10.9 Å². The standard InChI is InChI=1S/C38H45N5O6S/c44-30-10-8-27(28-9-12-34(46)42-35(28)30)31(45)22-39-17-3-4-18-40-36(47)33-11-7-26(50-33)21-41-38(16-13-24-5-1-2-6-29(24)38)37(48)49-32-23-43-19-14-25(32)15-20-43/h1-2,5-12,25,31-32,39,41,44-45H,3-4,13-23H2,(H,40,47)(H,42,46)/t31-,32-,38?/m0/s1. The van der Waals surface area contributed by atoms with Crippen molar-refractivity contribution >= 4 is 34.1 Å². The molecule has 0 spiro atoms. The Bertz CT molecular complexity index is 1900. The van der Waals surface area contributed by atoms with Crippen molar-refractivity contribution in [3.05, 3.63) is 97.5 Å². The lowest BCUT2D eigenvalue weighted by Gasteiger charge is -2.45. The summed E-state index contributed by atoms with van der Waals surface area (Å²) in [6.07, 6.45) is 4.32. The van der Waals surface area contributed by atoms with Crippen LogP contribution in [0.2, 0.25) is 0 Å². The number of benzene rings is 2. The summed E-state index contributed by atoms with van der Waals surface area (Å²) in [5.41, 5.74) is 1.87. The maximum Gasteiger partial charge on any atom is 0.331 e. The molecule has 1 amide bonds. The lowest BCUT2D eigenvalue weighted by Crippen LogP contribution is -2.55. The summed E-state index contributed by atoms with van der Waals surface area (Å²) < 4.78 is 6.30. The van der Waals surface area contributed by atoms with Gasteiger partial charge >= 0.3 is 5.97 Å². The number of hydrogen-bond acceptors (Lipinski definition) is 10. The summed E-state index contributed by atoms with van der Waals surface area (Å²) in [5.74, 6) is 0.0859. The molecule has 0 saturated carbocycles. The zero-order valence-corrected chi connectivity index (χ0v) is 28.9. The van der Waals surface area contributed by atoms with Crippen molar-refractivity contribution < 1.29 is 24.5 Å². The van der Waals surface area contributed by atoms with Crippen LogP contribution >= 0.6 is 11.3 Å². The van der Waals surface area contributed by atoms with Gasteiger partial charge in [0.2, 0.25) is 5.56 Å². The molecule has 8 rings (SSSR count). The molecule has 264 valence electrons. The third-order valence-corrected chi connectivity index (χ3v) is 11.7. The number of amides is 1. The van der Waals surface area contributed by atoms with Crippen LogP contribution < -0.4 is 21.5 Å². The summed E-state index contributed by atoms with van der Waals surface area (Å²) in [7, 11) is 0. The molecule has 50 heavy (non-hydrogen) atoms. The van der Waals surface area contributed by atoms with Crippen molar-refractivity contribution in [2.75, 3.05) is 39.3 Å². The van der Waals surface area contributed by atoms with Crippen LogP contribution in [0.1, 0.15) is 69.4 Å². The van der Waals surface area contributed by atoms with Crippen molar-refractivity contribution in [1.29, 1.82) is 0 Å². The molecule has 1 unspecified atom stereocenters. The van der Waals surface area contributed by atoms with E-state index in [1.54, 1.807) is 12.1 Å². The molecule has 2 bridgehead atoms. The third-order valence-electron chi connectivity index (χ3n) is 10.6. The van der Waals surface area contributed by atoms with Gasteiger partial charge in [-0.2, -0.15) is 0 Å². The Morgan fingerprint density at radius 1 is 1.04 bits per heavy atom. The number of nitrogens with one attached hydrogen (secondary N) is 4. The Balaban J connectivity index is 0.870. The number of nitrogens with zero attached hydrogens (tertiary/aromatic N) is 1. The fraction of sp³-hybridized carbons (Fsp3) is 0.447. The van der Waals surface area contributed by atoms with Gasteiger partial charge in [-0.05, 0) is 105 Å². The Labute approximate surface area is 295 Å². The van der Waals surface area contributed by atoms with Crippen molar-refractivity contribution in [3.63, 3.8) is 0 Å². The van der Waals surface area contributed by atoms with E-state index in [9.17, 15) is 24.6 Å². The van der Waals surface area contributed by atoms with E-state index in [1.165, 1.54) is 29.0 Å². The number of aliphatic hydroxyl groups excluding tert-OH is 1. The number of ether oxygens (including phenoxy) is 1. The number of aliphatic hydroxyl groups is 1. The molecule has 12 heteroatoms. The highest BCUT2D eigenvalue weighted by Crippen LogP contribution is 2.40. The number of aryl methyl sites for hydroxylation is 1. The Morgan fingerprint density at radius 3 is 2.68 bits per heavy atom. The third kappa shape index (κ3) is 7.22. The van der Waals surface area contributed by atoms with Gasteiger partial charge in [0.15, 0.2) is 0 Å². The molecule has 3 fully saturated rings. The number of carbonyl (C=O) groups excluding carboxylic acids is 2. The summed E-state index contributed by atoms with van der Waals surface area (Å²) in [4.78, 5) is 45.2. The second-order valence-corrected chi connectivity index (χ2v) is 14.9. The zero-order chi connectivity index (χ0) is 34.7. The number of unbranched alkanes of at least 4 members (excludes halogenated alkanes) is 1. The van der Waals surface area contributed by atoms with Crippen LogP contribution in [-0.4, -0.2) is 77.3 Å². The lowest BCUT2D eigenvalue weighted by atomic mass is 9.85. The topological polar surface area (TPSA) is 156 Å². The van der Waals surface area contributed by atoms with Gasteiger partial charge in [0, 0.05) is 42.5 Å². The highest BCUT2D eigenvalue weighted by atomic mass is 32.1. The zero-order valence-electron chi connectivity index (χ0n) is 28.1. The number of carbonyl (C=O) groups is 2. The summed E-state index contributed by atoms with van der Waals surface area (Å²) in [6, 6.07) is 18.0. The van der Waals surface area contributed by atoms with Crippen LogP contribution in [0, 0.1) is 5.92 Å². The molecule has 1 aliphatic carbocycles. The summed E-state index contributed by atoms with van der Waals surface area (Å²) in [6.45, 7) is 4.94. The van der Waals surface area contributed by atoms with Crippen LogP contribution in [-0.2, 0) is 28.0 Å². The number of H-pyrrole nitrogens is 1. The van der Waals surface area contributed by atoms with Crippen LogP contribution in [0.5, 0.6) is 5.75 Å². The first kappa shape index (κ1) is 34.4. The normalized spacial score (nSPS) is 23.1. The Hall–Kier alpha value is -4.07. The van der Waals surface area contributed by atoms with E-state index in [-0.39, 0.29) is 29.3 Å². The summed E-state index contributed by atoms with van der Waals surface area (Å²) >= 11 is 1.43. The van der Waals surface area contributed by atoms with Gasteiger partial charge in [0.1, 0.15) is 17.4 Å². The Morgan fingerprint density at radius 2 is 1.86 bits per heavy atom. The molecule has 11 nitrogen and oxygen atoms in total. The van der Waals surface area contributed by atoms with E-state index in [0.29, 0.717) is 59.9 Å². The Kier molecular flexibility index (Phi) is 10.3. The number of thiophene rings is 1. The van der Waals surface area contributed by atoms with Gasteiger partial charge in [-0.15, -0.1) is 11.3 Å². The number of piperidine rings is 3. The molecule has 4 aliphatic rings. The molecule has 2 aromatic carbocycles. The highest BCUT2D eigenvalue weighted by molar-refractivity contribution is 7.14. The largest absolute Gasteiger partial charge is 0.506 e. The van der Waals surface area contributed by atoms with Gasteiger partial charge in [0.05, 0.1) is 16.5 Å². The van der Waals surface area contributed by atoms with E-state index in [4.69, 9.17) is 4.74 Å². The molecule has 6 N–H and O–H groups in total. The molecule has 4 aromatic rings. The van der Waals surface area contributed by atoms with E-state index >= 15 is 0 Å². The molecule has 5 heterocycles. The highest BCUT2D eigenvalue weighted by Gasteiger charge is 2.48. The minimum Gasteiger partial charge on any atom is -0.506 e. The lowest BCUT2D eigenvalue weighted by molar-refractivity contribution is -0.167. The van der Waals surface area contributed by atoms with Gasteiger partial charge in [0.25, 0.3) is 5.91 Å². The first-order valence-electron chi connectivity index (χ1n) is 17.7. The van der Waals surface area contributed by atoms with Crippen molar-refractivity contribution in [3.8, 4) is 5.75 Å². The van der Waals surface area contributed by atoms with E-state index in [1.807, 2.05) is 30.3 Å². The number of rotatable bonds is 14. The molecule has 3 atom stereocenters. The quantitative estimate of drug-likeness (QED) is 0.0854. The SMILES string of the molecule is O=C(NCCCCNC[C@H](O)c1ccc(O)c2[nH]c(=O)ccc12)c1ccc(CNC2(C(=O)O[C@H]3CN4CCC3CC4)CCc3ccccc32)s1. The first-order valence-corrected chi connectivity index (χ1v) is 18.5. The number of hydrogen-bond donors (Lipinski definition) is 6. The van der Waals surface area contributed by atoms with Gasteiger partial charge < -0.3 is 30.6 Å². The molecule has 0 radical (unpaired) electrons. The van der Waals surface area contributed by atoms with Crippen LogP contribution in [0.15, 0.2) is 65.5 Å². The maximum absolute atomic E-state index is 14.0. The van der Waals surface area contributed by atoms with Crippen LogP contribution in [0.4, 0.5) is 0 Å². The number of fused-ring (bicyclic) bond motifs is 5. The first-order chi connectivity index (χ1) is 24.3. The average Bonchev–Trinajstić information content (AvgIpc) is 3.77. The molecule has 3 saturated heterocycles. The fourth-order valence-electron chi connectivity index (χ4n) is 7.76. The van der Waals surface area contributed by atoms with Crippen LogP contribution in [0.3, 0.4) is 0 Å². The van der Waals surface area contributed by atoms with E-state index in [0.717, 1.165) is 62.2 Å². The van der Waals surface area contributed by atoms with Crippen molar-refractivity contribution in [1.82, 2.24) is 25.8 Å². The van der Waals surface area contributed by atoms with E-state index < -0.39 is 11.6 Å². The van der Waals surface area contributed by atoms with Gasteiger partial charge in [-0.3, -0.25) is 19.8 Å². The minimum atomic E-state index is -0.906. The van der Waals surface area contributed by atoms with E-state index in [2.05, 4.69) is 31.9 Å². The van der Waals surface area contributed by atoms with Gasteiger partial charge in [-0.25, -0.2) is 4.79 Å². The van der Waals surface area contributed by atoms with Crippen molar-refractivity contribution in [2.24, 2.45) is 5.92 Å². The monoisotopic (exact) mass is 699 g/mol. The number of pyridine rings is 1. The fourth-order valence-corrected chi connectivity index (χ4v) is 8.62. The molecule has 2 aromatic heterocycles. The second kappa shape index (κ2) is 15.0. The molecular weight excluding hydrogens is 655 g/mol. The second-order valence-electron chi connectivity index (χ2n) is 13.7. The van der Waals surface area contributed by atoms with Gasteiger partial charge in [-0.1, -0.05) is 30.3 Å². The number of aromatic hydroxyl groups is 1. The maximum atomic E-state index is 14.0. The van der Waals surface area contributed by atoms with Crippen molar-refractivity contribution in [2.45, 2.75) is 62.8 Å². The number of aromatic nitrogens is 1. The number of aromatic amines is 1. The molecular formula is C38H45N5O6S. The predicted octanol–water partition coefficient (Wildman–Crippen LogP) is 3.70. The number of phenolic OH excluding ortho intramolecular Hbond substituents is 1. The average molecular weight is 700 g/mol. The predicted molar refractivity (Wildman–Crippen MR) is 192 cm³/mol.